The summed E-state index contributed by atoms with van der Waals surface area (Å²) in [6.07, 6.45) is -10.9. The van der Waals surface area contributed by atoms with Gasteiger partial charge in [0.2, 0.25) is 0 Å². The summed E-state index contributed by atoms with van der Waals surface area (Å²) in [5, 5.41) is 8.87. The molecule has 1 nitrogen and oxygen atoms in total. The van der Waals surface area contributed by atoms with Crippen LogP contribution in [0.4, 0.5) is 26.3 Å². The Bertz CT molecular complexity index is 375. The van der Waals surface area contributed by atoms with Crippen molar-refractivity contribution in [2.75, 3.05) is 0 Å². The van der Waals surface area contributed by atoms with Gasteiger partial charge in [-0.3, -0.25) is 0 Å². The molecule has 0 atom stereocenters. The lowest BCUT2D eigenvalue weighted by Crippen LogP contribution is -2.51. The Kier molecular flexibility index (Phi) is 3.07. The van der Waals surface area contributed by atoms with Gasteiger partial charge in [0.25, 0.3) is 0 Å². The molecule has 0 radical (unpaired) electrons. The van der Waals surface area contributed by atoms with Gasteiger partial charge in [-0.05, 0) is 24.6 Å². The zero-order valence-electron chi connectivity index (χ0n) is 8.52. The molecule has 0 bridgehead atoms. The molecule has 0 aromatic heterocycles. The lowest BCUT2D eigenvalue weighted by molar-refractivity contribution is -0.297. The third-order valence-electron chi connectivity index (χ3n) is 2.58. The van der Waals surface area contributed by atoms with E-state index in [-0.39, 0.29) is 6.92 Å². The van der Waals surface area contributed by atoms with Crippen molar-refractivity contribution in [3.63, 3.8) is 0 Å². The smallest absolute Gasteiger partial charge is 0.406 e. The fourth-order valence-corrected chi connectivity index (χ4v) is 1.28. The van der Waals surface area contributed by atoms with E-state index in [2.05, 4.69) is 0 Å². The highest BCUT2D eigenvalue weighted by Crippen LogP contribution is 2.51. The fraction of sp³-hybridized carbons (Fsp3) is 0.400. The minimum absolute atomic E-state index is 0.0688. The first-order valence-corrected chi connectivity index (χ1v) is 4.43. The molecule has 0 unspecified atom stereocenters. The van der Waals surface area contributed by atoms with Crippen molar-refractivity contribution in [2.24, 2.45) is 0 Å². The third-order valence-corrected chi connectivity index (χ3v) is 2.58. The molecule has 1 N–H and O–H groups in total. The van der Waals surface area contributed by atoms with E-state index in [0.717, 1.165) is 12.1 Å². The summed E-state index contributed by atoms with van der Waals surface area (Å²) >= 11 is 0. The predicted octanol–water partition coefficient (Wildman–Crippen LogP) is 3.77. The Morgan fingerprint density at radius 3 is 1.47 bits per heavy atom. The van der Waals surface area contributed by atoms with E-state index in [1.807, 2.05) is 0 Å². The Labute approximate surface area is 92.7 Å². The van der Waals surface area contributed by atoms with Crippen molar-refractivity contribution in [2.45, 2.75) is 24.7 Å². The maximum absolute atomic E-state index is 12.6. The second kappa shape index (κ2) is 3.82. The highest BCUT2D eigenvalue weighted by Gasteiger charge is 2.68. The molecular weight excluding hydrogens is 250 g/mol. The zero-order valence-corrected chi connectivity index (χ0v) is 8.52. The fourth-order valence-electron chi connectivity index (χ4n) is 1.28. The lowest BCUT2D eigenvalue weighted by atomic mass is 9.81. The van der Waals surface area contributed by atoms with Crippen molar-refractivity contribution in [3.05, 3.63) is 29.8 Å². The number of benzene rings is 1. The van der Waals surface area contributed by atoms with E-state index in [1.165, 1.54) is 0 Å². The molecule has 7 heteroatoms. The molecule has 17 heavy (non-hydrogen) atoms. The first-order valence-electron chi connectivity index (χ1n) is 4.43. The lowest BCUT2D eigenvalue weighted by Gasteiger charge is -2.34. The van der Waals surface area contributed by atoms with Crippen molar-refractivity contribution < 1.29 is 31.4 Å². The minimum atomic E-state index is -5.47. The van der Waals surface area contributed by atoms with Crippen LogP contribution in [0.2, 0.25) is 0 Å². The Balaban J connectivity index is 3.41. The Morgan fingerprint density at radius 1 is 0.824 bits per heavy atom. The van der Waals surface area contributed by atoms with Gasteiger partial charge in [0.15, 0.2) is 5.41 Å². The highest BCUT2D eigenvalue weighted by molar-refractivity contribution is 5.33. The van der Waals surface area contributed by atoms with E-state index < -0.39 is 29.1 Å². The molecule has 0 fully saturated rings. The van der Waals surface area contributed by atoms with Gasteiger partial charge in [-0.15, -0.1) is 0 Å². The van der Waals surface area contributed by atoms with Gasteiger partial charge in [-0.25, -0.2) is 0 Å². The summed E-state index contributed by atoms with van der Waals surface area (Å²) in [7, 11) is 0. The maximum atomic E-state index is 12.6. The molecule has 0 amide bonds. The van der Waals surface area contributed by atoms with Gasteiger partial charge >= 0.3 is 12.4 Å². The summed E-state index contributed by atoms with van der Waals surface area (Å²) in [6.45, 7) is 0.0688. The third kappa shape index (κ3) is 2.18. The van der Waals surface area contributed by atoms with E-state index >= 15 is 0 Å². The normalized spacial score (nSPS) is 13.8. The van der Waals surface area contributed by atoms with Crippen LogP contribution in [0.15, 0.2) is 24.3 Å². The molecule has 0 spiro atoms. The van der Waals surface area contributed by atoms with Crippen molar-refractivity contribution in [1.82, 2.24) is 0 Å². The van der Waals surface area contributed by atoms with E-state index in [4.69, 9.17) is 5.11 Å². The number of hydrogen-bond acceptors (Lipinski definition) is 1. The maximum Gasteiger partial charge on any atom is 0.406 e. The van der Waals surface area contributed by atoms with Crippen LogP contribution in [-0.2, 0) is 5.41 Å². The van der Waals surface area contributed by atoms with Crippen molar-refractivity contribution in [1.29, 1.82) is 0 Å². The Morgan fingerprint density at radius 2 is 1.18 bits per heavy atom. The van der Waals surface area contributed by atoms with Gasteiger partial charge in [0.1, 0.15) is 5.75 Å². The van der Waals surface area contributed by atoms with Crippen LogP contribution in [0.5, 0.6) is 5.75 Å². The van der Waals surface area contributed by atoms with Crippen LogP contribution in [0.1, 0.15) is 12.5 Å². The van der Waals surface area contributed by atoms with Crippen molar-refractivity contribution >= 4 is 0 Å². The molecule has 0 aliphatic rings. The number of alkyl halides is 6. The molecule has 1 aromatic carbocycles. The molecule has 0 saturated carbocycles. The highest BCUT2D eigenvalue weighted by atomic mass is 19.4. The van der Waals surface area contributed by atoms with Crippen LogP contribution in [0.25, 0.3) is 0 Å². The SMILES string of the molecule is CC(c1ccc(O)cc1)(C(F)(F)F)C(F)(F)F. The first kappa shape index (κ1) is 13.7. The second-order valence-corrected chi connectivity index (χ2v) is 3.67. The quantitative estimate of drug-likeness (QED) is 0.760. The van der Waals surface area contributed by atoms with Crippen LogP contribution in [-0.4, -0.2) is 17.5 Å². The predicted molar refractivity (Wildman–Crippen MR) is 47.6 cm³/mol. The standard InChI is InChI=1S/C10H8F6O/c1-8(9(11,12)13,10(14,15)16)6-2-4-7(17)5-3-6/h2-5,17H,1H3. The van der Waals surface area contributed by atoms with E-state index in [1.54, 1.807) is 0 Å². The van der Waals surface area contributed by atoms with Crippen molar-refractivity contribution in [3.8, 4) is 5.75 Å². The summed E-state index contributed by atoms with van der Waals surface area (Å²) in [5.74, 6) is -0.402. The molecule has 1 aromatic rings. The van der Waals surface area contributed by atoms with Crippen LogP contribution in [0, 0.1) is 0 Å². The second-order valence-electron chi connectivity index (χ2n) is 3.67. The van der Waals surface area contributed by atoms with Crippen LogP contribution in [0.3, 0.4) is 0 Å². The zero-order chi connectivity index (χ0) is 13.5. The number of aromatic hydroxyl groups is 1. The van der Waals surface area contributed by atoms with E-state index in [0.29, 0.717) is 12.1 Å². The minimum Gasteiger partial charge on any atom is -0.508 e. The molecule has 0 aliphatic carbocycles. The first-order chi connectivity index (χ1) is 7.50. The van der Waals surface area contributed by atoms with Gasteiger partial charge in [0, 0.05) is 0 Å². The molecule has 0 heterocycles. The molecule has 1 rings (SSSR count). The molecule has 0 saturated heterocycles. The summed E-state index contributed by atoms with van der Waals surface area (Å²) in [6, 6.07) is 2.78. The van der Waals surface area contributed by atoms with Crippen LogP contribution >= 0.6 is 0 Å². The monoisotopic (exact) mass is 258 g/mol. The summed E-state index contributed by atoms with van der Waals surface area (Å²) in [5.41, 5.74) is -4.91. The average Bonchev–Trinajstić information content (AvgIpc) is 2.14. The summed E-state index contributed by atoms with van der Waals surface area (Å²) in [4.78, 5) is 0. The molecule has 96 valence electrons. The van der Waals surface area contributed by atoms with Gasteiger partial charge in [-0.1, -0.05) is 12.1 Å². The number of phenolic OH excluding ortho intramolecular Hbond substituents is 1. The molecule has 0 aliphatic heterocycles. The van der Waals surface area contributed by atoms with Gasteiger partial charge in [0.05, 0.1) is 0 Å². The topological polar surface area (TPSA) is 20.2 Å². The van der Waals surface area contributed by atoms with Gasteiger partial charge < -0.3 is 5.11 Å². The number of halogens is 6. The molecular formula is C10H8F6O. The Hall–Kier alpha value is -1.40. The number of hydrogen-bond donors (Lipinski definition) is 1. The number of phenols is 1. The largest absolute Gasteiger partial charge is 0.508 e. The van der Waals surface area contributed by atoms with Gasteiger partial charge in [-0.2, -0.15) is 26.3 Å². The van der Waals surface area contributed by atoms with E-state index in [9.17, 15) is 26.3 Å². The van der Waals surface area contributed by atoms with Crippen LogP contribution < -0.4 is 0 Å². The average molecular weight is 258 g/mol. The number of rotatable bonds is 1. The summed E-state index contributed by atoms with van der Waals surface area (Å²) < 4.78 is 75.6.